The fourth-order valence-corrected chi connectivity index (χ4v) is 2.49. The Balaban J connectivity index is 1.89. The predicted molar refractivity (Wildman–Crippen MR) is 57.3 cm³/mol. The third-order valence-corrected chi connectivity index (χ3v) is 3.35. The first-order chi connectivity index (χ1) is 7.71. The van der Waals surface area contributed by atoms with Crippen molar-refractivity contribution in [3.8, 4) is 0 Å². The Morgan fingerprint density at radius 3 is 2.44 bits per heavy atom. The molecule has 2 bridgehead atoms. The Kier molecular flexibility index (Phi) is 2.26. The van der Waals surface area contributed by atoms with Crippen LogP contribution in [0.1, 0.15) is 18.5 Å². The number of hydrogen-bond acceptors (Lipinski definition) is 4. The van der Waals surface area contributed by atoms with Crippen LogP contribution in [-0.2, 0) is 9.47 Å². The van der Waals surface area contributed by atoms with E-state index in [2.05, 4.69) is 6.92 Å². The molecule has 1 atom stereocenters. The van der Waals surface area contributed by atoms with E-state index in [-0.39, 0.29) is 12.1 Å². The zero-order valence-corrected chi connectivity index (χ0v) is 9.17. The zero-order chi connectivity index (χ0) is 11.2. The number of aliphatic hydroxyl groups is 1. The van der Waals surface area contributed by atoms with Crippen molar-refractivity contribution in [3.05, 3.63) is 35.9 Å². The SMILES string of the molecule is C[C@H](c1ccccc1)N1C2COC1(O)OC2. The predicted octanol–water partition coefficient (Wildman–Crippen LogP) is 1.08. The van der Waals surface area contributed by atoms with E-state index in [0.29, 0.717) is 13.2 Å². The minimum absolute atomic E-state index is 0.0844. The summed E-state index contributed by atoms with van der Waals surface area (Å²) in [5.41, 5.74) is 1.15. The zero-order valence-electron chi connectivity index (χ0n) is 9.17. The Hall–Kier alpha value is -0.940. The molecule has 0 aromatic heterocycles. The molecule has 16 heavy (non-hydrogen) atoms. The van der Waals surface area contributed by atoms with Gasteiger partial charge in [0.2, 0.25) is 0 Å². The van der Waals surface area contributed by atoms with Gasteiger partial charge in [-0.05, 0) is 12.5 Å². The molecule has 2 aliphatic rings. The molecule has 1 aromatic carbocycles. The largest absolute Gasteiger partial charge is 0.351 e. The second-order valence-electron chi connectivity index (χ2n) is 4.32. The van der Waals surface area contributed by atoms with Crippen LogP contribution in [0.2, 0.25) is 0 Å². The summed E-state index contributed by atoms with van der Waals surface area (Å²) in [7, 11) is 0. The van der Waals surface area contributed by atoms with Gasteiger partial charge in [0.05, 0.1) is 19.3 Å². The second-order valence-corrected chi connectivity index (χ2v) is 4.32. The highest BCUT2D eigenvalue weighted by atomic mass is 16.9. The minimum atomic E-state index is -1.51. The maximum Gasteiger partial charge on any atom is 0.351 e. The van der Waals surface area contributed by atoms with Crippen LogP contribution in [0.15, 0.2) is 30.3 Å². The van der Waals surface area contributed by atoms with Crippen LogP contribution < -0.4 is 0 Å². The lowest BCUT2D eigenvalue weighted by atomic mass is 10.1. The quantitative estimate of drug-likeness (QED) is 0.811. The van der Waals surface area contributed by atoms with Gasteiger partial charge in [-0.25, -0.2) is 4.90 Å². The van der Waals surface area contributed by atoms with Crippen LogP contribution in [0.4, 0.5) is 0 Å². The monoisotopic (exact) mass is 221 g/mol. The Morgan fingerprint density at radius 2 is 1.94 bits per heavy atom. The molecule has 0 radical (unpaired) electrons. The molecule has 2 fully saturated rings. The topological polar surface area (TPSA) is 41.9 Å². The highest BCUT2D eigenvalue weighted by Crippen LogP contribution is 2.40. The van der Waals surface area contributed by atoms with Crippen molar-refractivity contribution in [1.82, 2.24) is 4.90 Å². The number of benzene rings is 1. The second kappa shape index (κ2) is 3.53. The molecule has 0 unspecified atom stereocenters. The van der Waals surface area contributed by atoms with Crippen LogP contribution in [0, 0.1) is 0 Å². The maximum atomic E-state index is 10.1. The molecule has 1 N–H and O–H groups in total. The van der Waals surface area contributed by atoms with E-state index in [1.807, 2.05) is 35.2 Å². The molecule has 0 saturated carbocycles. The number of nitrogens with zero attached hydrogens (tertiary/aromatic N) is 1. The van der Waals surface area contributed by atoms with Gasteiger partial charge in [-0.3, -0.25) is 0 Å². The van der Waals surface area contributed by atoms with E-state index in [9.17, 15) is 5.11 Å². The molecule has 0 amide bonds. The van der Waals surface area contributed by atoms with E-state index in [1.54, 1.807) is 0 Å². The first-order valence-corrected chi connectivity index (χ1v) is 5.54. The number of hydrogen-bond donors (Lipinski definition) is 1. The molecule has 0 spiro atoms. The Bertz CT molecular complexity index is 373. The van der Waals surface area contributed by atoms with Crippen LogP contribution in [0.25, 0.3) is 0 Å². The lowest BCUT2D eigenvalue weighted by Gasteiger charge is -2.30. The summed E-state index contributed by atoms with van der Waals surface area (Å²) >= 11 is 0. The van der Waals surface area contributed by atoms with Gasteiger partial charge in [0, 0.05) is 6.04 Å². The van der Waals surface area contributed by atoms with Gasteiger partial charge < -0.3 is 14.6 Å². The normalized spacial score (nSPS) is 35.5. The fraction of sp³-hybridized carbons (Fsp3) is 0.500. The third kappa shape index (κ3) is 1.38. The van der Waals surface area contributed by atoms with Gasteiger partial charge in [0.15, 0.2) is 0 Å². The molecular formula is C12H15NO3. The van der Waals surface area contributed by atoms with Crippen molar-refractivity contribution in [2.75, 3.05) is 13.2 Å². The highest BCUT2D eigenvalue weighted by Gasteiger charge is 2.56. The molecule has 0 aliphatic carbocycles. The molecule has 2 heterocycles. The average Bonchev–Trinajstić information content (AvgIpc) is 2.81. The molecule has 4 nitrogen and oxygen atoms in total. The number of rotatable bonds is 2. The fourth-order valence-electron chi connectivity index (χ4n) is 2.49. The summed E-state index contributed by atoms with van der Waals surface area (Å²) in [5, 5.41) is 10.1. The van der Waals surface area contributed by atoms with Gasteiger partial charge in [-0.2, -0.15) is 0 Å². The summed E-state index contributed by atoms with van der Waals surface area (Å²) in [6, 6.07) is 10.3. The summed E-state index contributed by atoms with van der Waals surface area (Å²) in [4.78, 5) is 1.89. The average molecular weight is 221 g/mol. The van der Waals surface area contributed by atoms with Crippen molar-refractivity contribution < 1.29 is 14.6 Å². The van der Waals surface area contributed by atoms with Crippen LogP contribution in [0.3, 0.4) is 0 Å². The van der Waals surface area contributed by atoms with Gasteiger partial charge in [-0.1, -0.05) is 30.3 Å². The molecule has 1 aromatic rings. The first-order valence-electron chi connectivity index (χ1n) is 5.54. The van der Waals surface area contributed by atoms with Crippen LogP contribution >= 0.6 is 0 Å². The summed E-state index contributed by atoms with van der Waals surface area (Å²) in [5.74, 6) is 0. The highest BCUT2D eigenvalue weighted by molar-refractivity contribution is 5.19. The van der Waals surface area contributed by atoms with Crippen molar-refractivity contribution in [2.24, 2.45) is 0 Å². The van der Waals surface area contributed by atoms with Gasteiger partial charge in [0.1, 0.15) is 0 Å². The molecule has 2 aliphatic heterocycles. The standard InChI is InChI=1S/C12H15NO3/c1-9(10-5-3-2-4-6-10)13-11-7-15-12(13,14)16-8-11/h2-6,9,11,14H,7-8H2,1H3/t9-,11?,12?/m1/s1. The summed E-state index contributed by atoms with van der Waals surface area (Å²) in [6.07, 6.45) is -1.51. The Labute approximate surface area is 94.4 Å². The van der Waals surface area contributed by atoms with Gasteiger partial charge >= 0.3 is 6.10 Å². The molecule has 4 heteroatoms. The smallest absolute Gasteiger partial charge is 0.330 e. The van der Waals surface area contributed by atoms with Crippen LogP contribution in [0.5, 0.6) is 0 Å². The van der Waals surface area contributed by atoms with Gasteiger partial charge in [0.25, 0.3) is 0 Å². The van der Waals surface area contributed by atoms with Crippen molar-refractivity contribution in [3.63, 3.8) is 0 Å². The van der Waals surface area contributed by atoms with Crippen LogP contribution in [-0.4, -0.2) is 35.4 Å². The van der Waals surface area contributed by atoms with E-state index >= 15 is 0 Å². The summed E-state index contributed by atoms with van der Waals surface area (Å²) < 4.78 is 10.5. The number of fused-ring (bicyclic) bond motifs is 2. The first kappa shape index (κ1) is 10.2. The van der Waals surface area contributed by atoms with Crippen molar-refractivity contribution in [1.29, 1.82) is 0 Å². The van der Waals surface area contributed by atoms with Crippen molar-refractivity contribution in [2.45, 2.75) is 25.1 Å². The van der Waals surface area contributed by atoms with E-state index in [0.717, 1.165) is 5.56 Å². The molecular weight excluding hydrogens is 206 g/mol. The summed E-state index contributed by atoms with van der Waals surface area (Å²) in [6.45, 7) is 3.12. The van der Waals surface area contributed by atoms with E-state index in [1.165, 1.54) is 0 Å². The molecule has 86 valence electrons. The number of ether oxygens (including phenoxy) is 2. The third-order valence-electron chi connectivity index (χ3n) is 3.35. The lowest BCUT2D eigenvalue weighted by Crippen LogP contribution is -2.44. The lowest BCUT2D eigenvalue weighted by molar-refractivity contribution is -0.385. The van der Waals surface area contributed by atoms with E-state index < -0.39 is 6.10 Å². The minimum Gasteiger partial charge on any atom is -0.330 e. The van der Waals surface area contributed by atoms with Gasteiger partial charge in [-0.15, -0.1) is 0 Å². The maximum absolute atomic E-state index is 10.1. The van der Waals surface area contributed by atoms with Crippen molar-refractivity contribution >= 4 is 0 Å². The molecule has 2 saturated heterocycles. The Morgan fingerprint density at radius 1 is 1.31 bits per heavy atom. The van der Waals surface area contributed by atoms with E-state index in [4.69, 9.17) is 9.47 Å². The molecule has 3 rings (SSSR count).